The van der Waals surface area contributed by atoms with Crippen LogP contribution in [0.3, 0.4) is 0 Å². The molecule has 1 aromatic carbocycles. The van der Waals surface area contributed by atoms with Crippen LogP contribution in [0.4, 0.5) is 5.82 Å². The lowest BCUT2D eigenvalue weighted by Gasteiger charge is -2.03. The molecule has 0 aliphatic rings. The van der Waals surface area contributed by atoms with Crippen LogP contribution in [0.1, 0.15) is 0 Å². The SMILES string of the molecule is COc1ccc(-c2csc3c(NN)ncnc23)cc1. The van der Waals surface area contributed by atoms with Gasteiger partial charge in [-0.05, 0) is 17.7 Å². The molecule has 0 fully saturated rings. The first kappa shape index (κ1) is 11.9. The van der Waals surface area contributed by atoms with Crippen molar-refractivity contribution < 1.29 is 4.74 Å². The van der Waals surface area contributed by atoms with Crippen LogP contribution >= 0.6 is 11.3 Å². The fraction of sp³-hybridized carbons (Fsp3) is 0.0769. The van der Waals surface area contributed by atoms with Crippen molar-refractivity contribution in [3.05, 3.63) is 36.0 Å². The molecule has 96 valence electrons. The number of benzene rings is 1. The second-order valence-corrected chi connectivity index (χ2v) is 4.80. The number of hydrogen-bond donors (Lipinski definition) is 2. The third-order valence-electron chi connectivity index (χ3n) is 2.89. The van der Waals surface area contributed by atoms with Gasteiger partial charge in [-0.3, -0.25) is 0 Å². The molecular formula is C13H12N4OS. The van der Waals surface area contributed by atoms with Gasteiger partial charge in [0.2, 0.25) is 0 Å². The van der Waals surface area contributed by atoms with Crippen molar-refractivity contribution in [3.8, 4) is 16.9 Å². The van der Waals surface area contributed by atoms with Crippen LogP contribution in [0.25, 0.3) is 21.3 Å². The monoisotopic (exact) mass is 272 g/mol. The largest absolute Gasteiger partial charge is 0.497 e. The van der Waals surface area contributed by atoms with E-state index in [1.54, 1.807) is 18.4 Å². The molecule has 3 N–H and O–H groups in total. The summed E-state index contributed by atoms with van der Waals surface area (Å²) in [4.78, 5) is 8.44. The normalized spacial score (nSPS) is 10.6. The Morgan fingerprint density at radius 2 is 2.00 bits per heavy atom. The van der Waals surface area contributed by atoms with Crippen LogP contribution in [-0.2, 0) is 0 Å². The molecule has 2 aromatic heterocycles. The van der Waals surface area contributed by atoms with Crippen LogP contribution in [0, 0.1) is 0 Å². The molecule has 0 aliphatic heterocycles. The molecule has 0 atom stereocenters. The Bertz CT molecular complexity index is 708. The van der Waals surface area contributed by atoms with E-state index >= 15 is 0 Å². The number of methoxy groups -OCH3 is 1. The van der Waals surface area contributed by atoms with E-state index in [0.717, 1.165) is 27.1 Å². The molecule has 0 spiro atoms. The summed E-state index contributed by atoms with van der Waals surface area (Å²) in [7, 11) is 1.65. The molecule has 0 unspecified atom stereocenters. The number of ether oxygens (including phenoxy) is 1. The molecule has 3 rings (SSSR count). The fourth-order valence-corrected chi connectivity index (χ4v) is 2.91. The predicted octanol–water partition coefficient (Wildman–Crippen LogP) is 2.65. The van der Waals surface area contributed by atoms with Gasteiger partial charge in [-0.15, -0.1) is 11.3 Å². The molecule has 0 saturated carbocycles. The number of nitrogens with one attached hydrogen (secondary N) is 1. The molecule has 5 nitrogen and oxygen atoms in total. The summed E-state index contributed by atoms with van der Waals surface area (Å²) < 4.78 is 6.12. The number of rotatable bonds is 3. The standard InChI is InChI=1S/C13H12N4OS/c1-18-9-4-2-8(3-5-9)10-6-19-12-11(10)15-7-16-13(12)17-14/h2-7H,14H2,1H3,(H,15,16,17). The fourth-order valence-electron chi connectivity index (χ4n) is 1.93. The second-order valence-electron chi connectivity index (χ2n) is 3.92. The Balaban J connectivity index is 2.14. The molecule has 0 saturated heterocycles. The summed E-state index contributed by atoms with van der Waals surface area (Å²) in [6, 6.07) is 7.89. The Kier molecular flexibility index (Phi) is 3.02. The number of aromatic nitrogens is 2. The van der Waals surface area contributed by atoms with Gasteiger partial charge in [0.25, 0.3) is 0 Å². The smallest absolute Gasteiger partial charge is 0.161 e. The summed E-state index contributed by atoms with van der Waals surface area (Å²) in [5.74, 6) is 6.93. The minimum absolute atomic E-state index is 0.648. The van der Waals surface area contributed by atoms with E-state index in [-0.39, 0.29) is 0 Å². The molecule has 0 aliphatic carbocycles. The van der Waals surface area contributed by atoms with Gasteiger partial charge in [-0.25, -0.2) is 15.8 Å². The minimum atomic E-state index is 0.648. The molecule has 6 heteroatoms. The Morgan fingerprint density at radius 1 is 1.21 bits per heavy atom. The highest BCUT2D eigenvalue weighted by atomic mass is 32.1. The van der Waals surface area contributed by atoms with E-state index in [2.05, 4.69) is 20.8 Å². The summed E-state index contributed by atoms with van der Waals surface area (Å²) >= 11 is 1.57. The van der Waals surface area contributed by atoms with Crippen molar-refractivity contribution in [2.45, 2.75) is 0 Å². The predicted molar refractivity (Wildman–Crippen MR) is 77.2 cm³/mol. The zero-order chi connectivity index (χ0) is 13.2. The lowest BCUT2D eigenvalue weighted by atomic mass is 10.1. The van der Waals surface area contributed by atoms with Crippen LogP contribution in [0.15, 0.2) is 36.0 Å². The van der Waals surface area contributed by atoms with Crippen molar-refractivity contribution in [1.82, 2.24) is 9.97 Å². The molecule has 0 radical (unpaired) electrons. The van der Waals surface area contributed by atoms with Gasteiger partial charge < -0.3 is 10.2 Å². The molecule has 0 amide bonds. The van der Waals surface area contributed by atoms with Gasteiger partial charge in [-0.2, -0.15) is 0 Å². The van der Waals surface area contributed by atoms with Crippen molar-refractivity contribution in [3.63, 3.8) is 0 Å². The Hall–Kier alpha value is -2.18. The van der Waals surface area contributed by atoms with E-state index in [0.29, 0.717) is 5.82 Å². The number of nitrogens with two attached hydrogens (primary N) is 1. The van der Waals surface area contributed by atoms with Crippen molar-refractivity contribution in [1.29, 1.82) is 0 Å². The number of nitrogens with zero attached hydrogens (tertiary/aromatic N) is 2. The molecule has 2 heterocycles. The van der Waals surface area contributed by atoms with Gasteiger partial charge in [0.05, 0.1) is 17.3 Å². The summed E-state index contributed by atoms with van der Waals surface area (Å²) in [5.41, 5.74) is 5.66. The number of hydrazine groups is 1. The van der Waals surface area contributed by atoms with Crippen molar-refractivity contribution >= 4 is 27.4 Å². The highest BCUT2D eigenvalue weighted by molar-refractivity contribution is 7.18. The highest BCUT2D eigenvalue weighted by Crippen LogP contribution is 2.35. The van der Waals surface area contributed by atoms with Crippen LogP contribution < -0.4 is 16.0 Å². The summed E-state index contributed by atoms with van der Waals surface area (Å²) in [6.07, 6.45) is 1.51. The molecular weight excluding hydrogens is 260 g/mol. The lowest BCUT2D eigenvalue weighted by Crippen LogP contribution is -2.08. The zero-order valence-electron chi connectivity index (χ0n) is 10.3. The maximum atomic E-state index is 5.45. The minimum Gasteiger partial charge on any atom is -0.497 e. The van der Waals surface area contributed by atoms with E-state index < -0.39 is 0 Å². The van der Waals surface area contributed by atoms with Crippen LogP contribution in [0.5, 0.6) is 5.75 Å². The van der Waals surface area contributed by atoms with E-state index in [1.807, 2.05) is 24.3 Å². The second kappa shape index (κ2) is 4.83. The number of fused-ring (bicyclic) bond motifs is 1. The number of nitrogen functional groups attached to an aromatic ring is 1. The Morgan fingerprint density at radius 3 is 2.68 bits per heavy atom. The number of anilines is 1. The highest BCUT2D eigenvalue weighted by Gasteiger charge is 2.11. The quantitative estimate of drug-likeness (QED) is 0.566. The molecule has 19 heavy (non-hydrogen) atoms. The maximum absolute atomic E-state index is 5.45. The third kappa shape index (κ3) is 2.00. The topological polar surface area (TPSA) is 73.1 Å². The van der Waals surface area contributed by atoms with Gasteiger partial charge in [0, 0.05) is 10.9 Å². The van der Waals surface area contributed by atoms with E-state index in [9.17, 15) is 0 Å². The lowest BCUT2D eigenvalue weighted by molar-refractivity contribution is 0.415. The molecule has 0 bridgehead atoms. The number of hydrogen-bond acceptors (Lipinski definition) is 6. The third-order valence-corrected chi connectivity index (χ3v) is 3.87. The van der Waals surface area contributed by atoms with Crippen molar-refractivity contribution in [2.24, 2.45) is 5.84 Å². The summed E-state index contributed by atoms with van der Waals surface area (Å²) in [5, 5.41) is 2.06. The van der Waals surface area contributed by atoms with Gasteiger partial charge in [0.15, 0.2) is 5.82 Å². The van der Waals surface area contributed by atoms with Crippen LogP contribution in [0.2, 0.25) is 0 Å². The zero-order valence-corrected chi connectivity index (χ0v) is 11.1. The maximum Gasteiger partial charge on any atom is 0.161 e. The van der Waals surface area contributed by atoms with Gasteiger partial charge in [-0.1, -0.05) is 12.1 Å². The average molecular weight is 272 g/mol. The van der Waals surface area contributed by atoms with Crippen molar-refractivity contribution in [2.75, 3.05) is 12.5 Å². The average Bonchev–Trinajstić information content (AvgIpc) is 2.91. The van der Waals surface area contributed by atoms with Gasteiger partial charge >= 0.3 is 0 Å². The first-order valence-corrected chi connectivity index (χ1v) is 6.54. The van der Waals surface area contributed by atoms with Gasteiger partial charge in [0.1, 0.15) is 12.1 Å². The van der Waals surface area contributed by atoms with E-state index in [1.165, 1.54) is 6.33 Å². The first-order chi connectivity index (χ1) is 9.33. The Labute approximate surface area is 114 Å². The first-order valence-electron chi connectivity index (χ1n) is 5.66. The molecule has 3 aromatic rings. The summed E-state index contributed by atoms with van der Waals surface area (Å²) in [6.45, 7) is 0. The van der Waals surface area contributed by atoms with E-state index in [4.69, 9.17) is 10.6 Å². The number of thiophene rings is 1. The van der Waals surface area contributed by atoms with Crippen LogP contribution in [-0.4, -0.2) is 17.1 Å².